The third-order valence-electron chi connectivity index (χ3n) is 3.22. The summed E-state index contributed by atoms with van der Waals surface area (Å²) in [6.07, 6.45) is 2.71. The Morgan fingerprint density at radius 2 is 2.00 bits per heavy atom. The maximum atomic E-state index is 3.61. The quantitative estimate of drug-likeness (QED) is 0.771. The first kappa shape index (κ1) is 9.72. The summed E-state index contributed by atoms with van der Waals surface area (Å²) >= 11 is 0. The van der Waals surface area contributed by atoms with Gasteiger partial charge in [-0.25, -0.2) is 0 Å². The van der Waals surface area contributed by atoms with Gasteiger partial charge in [0.2, 0.25) is 0 Å². The van der Waals surface area contributed by atoms with Crippen LogP contribution in [0.4, 0.5) is 0 Å². The number of benzene rings is 1. The van der Waals surface area contributed by atoms with Gasteiger partial charge in [-0.15, -0.1) is 0 Å². The van der Waals surface area contributed by atoms with Gasteiger partial charge < -0.3 is 5.32 Å². The summed E-state index contributed by atoms with van der Waals surface area (Å²) in [6, 6.07) is 9.38. The zero-order valence-corrected chi connectivity index (χ0v) is 9.09. The first-order chi connectivity index (χ1) is 6.75. The van der Waals surface area contributed by atoms with Crippen LogP contribution in [0.25, 0.3) is 0 Å². The monoisotopic (exact) mass is 189 g/mol. The summed E-state index contributed by atoms with van der Waals surface area (Å²) in [4.78, 5) is 0. The van der Waals surface area contributed by atoms with Crippen LogP contribution in [-0.4, -0.2) is 6.04 Å². The van der Waals surface area contributed by atoms with E-state index in [-0.39, 0.29) is 0 Å². The molecule has 0 spiro atoms. The molecule has 76 valence electrons. The van der Waals surface area contributed by atoms with Gasteiger partial charge in [0.15, 0.2) is 0 Å². The predicted octanol–water partition coefficient (Wildman–Crippen LogP) is 2.88. The lowest BCUT2D eigenvalue weighted by atomic mass is 9.82. The Morgan fingerprint density at radius 1 is 1.29 bits per heavy atom. The summed E-state index contributed by atoms with van der Waals surface area (Å²) in [7, 11) is 0. The van der Waals surface area contributed by atoms with Crippen LogP contribution in [0.1, 0.15) is 30.9 Å². The number of hydrogen-bond acceptors (Lipinski definition) is 1. The molecule has 1 fully saturated rings. The smallest absolute Gasteiger partial charge is 0.0210 e. The van der Waals surface area contributed by atoms with Crippen molar-refractivity contribution in [2.75, 3.05) is 0 Å². The van der Waals surface area contributed by atoms with E-state index in [9.17, 15) is 0 Å². The molecule has 1 nitrogen and oxygen atoms in total. The first-order valence-electron chi connectivity index (χ1n) is 5.53. The van der Waals surface area contributed by atoms with Crippen LogP contribution < -0.4 is 5.32 Å². The van der Waals surface area contributed by atoms with Crippen molar-refractivity contribution >= 4 is 0 Å². The third-order valence-corrected chi connectivity index (χ3v) is 3.22. The molecule has 0 saturated heterocycles. The molecule has 1 heteroatoms. The molecule has 1 N–H and O–H groups in total. The van der Waals surface area contributed by atoms with Gasteiger partial charge in [-0.1, -0.05) is 31.2 Å². The third kappa shape index (κ3) is 2.16. The zero-order valence-electron chi connectivity index (χ0n) is 9.09. The van der Waals surface area contributed by atoms with Gasteiger partial charge >= 0.3 is 0 Å². The van der Waals surface area contributed by atoms with Crippen molar-refractivity contribution in [2.45, 2.75) is 39.3 Å². The Labute approximate surface area is 86.5 Å². The van der Waals surface area contributed by atoms with E-state index in [0.717, 1.165) is 18.5 Å². The van der Waals surface area contributed by atoms with E-state index in [4.69, 9.17) is 0 Å². The fraction of sp³-hybridized carbons (Fsp3) is 0.538. The van der Waals surface area contributed by atoms with Crippen molar-refractivity contribution in [3.05, 3.63) is 35.4 Å². The van der Waals surface area contributed by atoms with Crippen LogP contribution in [-0.2, 0) is 6.54 Å². The highest BCUT2D eigenvalue weighted by Crippen LogP contribution is 2.26. The number of nitrogens with one attached hydrogen (secondary N) is 1. The molecule has 2 rings (SSSR count). The van der Waals surface area contributed by atoms with E-state index >= 15 is 0 Å². The van der Waals surface area contributed by atoms with Gasteiger partial charge in [0.25, 0.3) is 0 Å². The molecule has 1 aliphatic carbocycles. The summed E-state index contributed by atoms with van der Waals surface area (Å²) in [5.74, 6) is 0.935. The van der Waals surface area contributed by atoms with E-state index in [0.29, 0.717) is 0 Å². The maximum Gasteiger partial charge on any atom is 0.0210 e. The van der Waals surface area contributed by atoms with Gasteiger partial charge in [0.1, 0.15) is 0 Å². The van der Waals surface area contributed by atoms with E-state index in [1.54, 1.807) is 0 Å². The van der Waals surface area contributed by atoms with Crippen LogP contribution >= 0.6 is 0 Å². The van der Waals surface area contributed by atoms with Gasteiger partial charge in [0.05, 0.1) is 0 Å². The second-order valence-corrected chi connectivity index (χ2v) is 4.58. The summed E-state index contributed by atoms with van der Waals surface area (Å²) in [6.45, 7) is 5.54. The molecule has 1 aromatic rings. The molecule has 14 heavy (non-hydrogen) atoms. The molecule has 1 saturated carbocycles. The highest BCUT2D eigenvalue weighted by Gasteiger charge is 2.24. The van der Waals surface area contributed by atoms with E-state index in [2.05, 4.69) is 43.4 Å². The molecule has 1 aromatic carbocycles. The SMILES string of the molecule is Cc1ccccc1CNC1CC(C)C1. The standard InChI is InChI=1S/C13H19N/c1-10-7-13(8-10)14-9-12-6-4-3-5-11(12)2/h3-6,10,13-14H,7-9H2,1-2H3. The zero-order chi connectivity index (χ0) is 9.97. The maximum absolute atomic E-state index is 3.61. The van der Waals surface area contributed by atoms with Crippen LogP contribution in [0.15, 0.2) is 24.3 Å². The Morgan fingerprint density at radius 3 is 2.64 bits per heavy atom. The lowest BCUT2D eigenvalue weighted by molar-refractivity contribution is 0.240. The normalized spacial score (nSPS) is 25.9. The summed E-state index contributed by atoms with van der Waals surface area (Å²) in [5, 5.41) is 3.61. The minimum Gasteiger partial charge on any atom is -0.310 e. The van der Waals surface area contributed by atoms with Gasteiger partial charge in [0, 0.05) is 12.6 Å². The van der Waals surface area contributed by atoms with Crippen LogP contribution in [0.2, 0.25) is 0 Å². The Kier molecular flexibility index (Phi) is 2.87. The van der Waals surface area contributed by atoms with Crippen molar-refractivity contribution in [1.82, 2.24) is 5.32 Å². The lowest BCUT2D eigenvalue weighted by Crippen LogP contribution is -2.39. The van der Waals surface area contributed by atoms with Gasteiger partial charge in [-0.3, -0.25) is 0 Å². The Hall–Kier alpha value is -0.820. The minimum absolute atomic E-state index is 0.768. The summed E-state index contributed by atoms with van der Waals surface area (Å²) < 4.78 is 0. The lowest BCUT2D eigenvalue weighted by Gasteiger charge is -2.33. The van der Waals surface area contributed by atoms with Crippen molar-refractivity contribution in [2.24, 2.45) is 5.92 Å². The van der Waals surface area contributed by atoms with E-state index < -0.39 is 0 Å². The second-order valence-electron chi connectivity index (χ2n) is 4.58. The first-order valence-corrected chi connectivity index (χ1v) is 5.53. The van der Waals surface area contributed by atoms with Crippen molar-refractivity contribution in [1.29, 1.82) is 0 Å². The van der Waals surface area contributed by atoms with E-state index in [1.807, 2.05) is 0 Å². The molecule has 0 aliphatic heterocycles. The molecular weight excluding hydrogens is 170 g/mol. The molecule has 0 amide bonds. The predicted molar refractivity (Wildman–Crippen MR) is 60.2 cm³/mol. The average molecular weight is 189 g/mol. The van der Waals surface area contributed by atoms with Crippen LogP contribution in [0, 0.1) is 12.8 Å². The van der Waals surface area contributed by atoms with Crippen LogP contribution in [0.3, 0.4) is 0 Å². The molecule has 0 bridgehead atoms. The Balaban J connectivity index is 1.83. The van der Waals surface area contributed by atoms with Crippen molar-refractivity contribution < 1.29 is 0 Å². The second kappa shape index (κ2) is 4.14. The molecule has 0 atom stereocenters. The number of rotatable bonds is 3. The largest absolute Gasteiger partial charge is 0.310 e. The Bertz CT molecular complexity index is 300. The van der Waals surface area contributed by atoms with Crippen LogP contribution in [0.5, 0.6) is 0 Å². The number of aryl methyl sites for hydroxylation is 1. The molecule has 1 aliphatic rings. The molecule has 0 heterocycles. The van der Waals surface area contributed by atoms with Crippen molar-refractivity contribution in [3.8, 4) is 0 Å². The fourth-order valence-electron chi connectivity index (χ4n) is 2.13. The summed E-state index contributed by atoms with van der Waals surface area (Å²) in [5.41, 5.74) is 2.83. The topological polar surface area (TPSA) is 12.0 Å². The van der Waals surface area contributed by atoms with Gasteiger partial charge in [-0.2, -0.15) is 0 Å². The fourth-order valence-corrected chi connectivity index (χ4v) is 2.13. The van der Waals surface area contributed by atoms with E-state index in [1.165, 1.54) is 24.0 Å². The highest BCUT2D eigenvalue weighted by atomic mass is 14.9. The average Bonchev–Trinajstić information content (AvgIpc) is 2.13. The minimum atomic E-state index is 0.768. The number of hydrogen-bond donors (Lipinski definition) is 1. The molecule has 0 aromatic heterocycles. The molecular formula is C13H19N. The van der Waals surface area contributed by atoms with Gasteiger partial charge in [-0.05, 0) is 36.8 Å². The van der Waals surface area contributed by atoms with Crippen molar-refractivity contribution in [3.63, 3.8) is 0 Å². The highest BCUT2D eigenvalue weighted by molar-refractivity contribution is 5.25. The molecule has 0 unspecified atom stereocenters. The molecule has 0 radical (unpaired) electrons.